The first-order valence-electron chi connectivity index (χ1n) is 7.63. The number of carbonyl (C=O) groups is 1. The molecule has 0 aromatic carbocycles. The van der Waals surface area contributed by atoms with Crippen molar-refractivity contribution in [1.82, 2.24) is 4.90 Å². The van der Waals surface area contributed by atoms with Crippen LogP contribution in [0.15, 0.2) is 0 Å². The second-order valence-corrected chi connectivity index (χ2v) is 6.71. The summed E-state index contributed by atoms with van der Waals surface area (Å²) in [6.45, 7) is 1.98. The Morgan fingerprint density at radius 3 is 2.33 bits per heavy atom. The standard InChI is InChI=1S/C15H26BrNO/c16-11-14-8-5-9-17(12-14)15(18)10-13-6-3-1-2-4-7-13/h13-14H,1-12H2. The lowest BCUT2D eigenvalue weighted by molar-refractivity contribution is -0.133. The molecule has 104 valence electrons. The normalized spacial score (nSPS) is 26.9. The summed E-state index contributed by atoms with van der Waals surface area (Å²) in [7, 11) is 0. The van der Waals surface area contributed by atoms with Crippen LogP contribution in [0.4, 0.5) is 0 Å². The minimum absolute atomic E-state index is 0.424. The molecule has 2 fully saturated rings. The summed E-state index contributed by atoms with van der Waals surface area (Å²) in [6, 6.07) is 0. The van der Waals surface area contributed by atoms with E-state index in [1.165, 1.54) is 51.4 Å². The van der Waals surface area contributed by atoms with Crippen LogP contribution in [-0.2, 0) is 4.79 Å². The molecule has 2 aliphatic rings. The van der Waals surface area contributed by atoms with E-state index in [1.807, 2.05) is 0 Å². The monoisotopic (exact) mass is 315 g/mol. The molecule has 18 heavy (non-hydrogen) atoms. The van der Waals surface area contributed by atoms with Crippen LogP contribution < -0.4 is 0 Å². The second kappa shape index (κ2) is 7.52. The molecule has 0 aromatic rings. The lowest BCUT2D eigenvalue weighted by atomic mass is 9.94. The van der Waals surface area contributed by atoms with Crippen LogP contribution >= 0.6 is 15.9 Å². The Kier molecular flexibility index (Phi) is 6.00. The molecule has 0 N–H and O–H groups in total. The quantitative estimate of drug-likeness (QED) is 0.570. The Morgan fingerprint density at radius 2 is 1.67 bits per heavy atom. The number of hydrogen-bond donors (Lipinski definition) is 0. The minimum atomic E-state index is 0.424. The zero-order chi connectivity index (χ0) is 12.8. The van der Waals surface area contributed by atoms with Gasteiger partial charge in [0.2, 0.25) is 5.91 Å². The average molecular weight is 316 g/mol. The molecule has 0 bridgehead atoms. The van der Waals surface area contributed by atoms with E-state index in [0.29, 0.717) is 17.7 Å². The van der Waals surface area contributed by atoms with Crippen molar-refractivity contribution in [1.29, 1.82) is 0 Å². The third kappa shape index (κ3) is 4.25. The molecular formula is C15H26BrNO. The highest BCUT2D eigenvalue weighted by Crippen LogP contribution is 2.27. The number of halogens is 1. The fraction of sp³-hybridized carbons (Fsp3) is 0.933. The summed E-state index contributed by atoms with van der Waals surface area (Å²) >= 11 is 3.56. The molecule has 0 aromatic heterocycles. The Morgan fingerprint density at radius 1 is 1.00 bits per heavy atom. The largest absolute Gasteiger partial charge is 0.342 e. The number of carbonyl (C=O) groups excluding carboxylic acids is 1. The van der Waals surface area contributed by atoms with E-state index in [4.69, 9.17) is 0 Å². The number of likely N-dealkylation sites (tertiary alicyclic amines) is 1. The molecule has 1 amide bonds. The van der Waals surface area contributed by atoms with Crippen molar-refractivity contribution in [2.75, 3.05) is 18.4 Å². The zero-order valence-corrected chi connectivity index (χ0v) is 13.0. The number of hydrogen-bond acceptors (Lipinski definition) is 1. The second-order valence-electron chi connectivity index (χ2n) is 6.06. The maximum Gasteiger partial charge on any atom is 0.222 e. The Balaban J connectivity index is 1.79. The van der Waals surface area contributed by atoms with E-state index >= 15 is 0 Å². The van der Waals surface area contributed by atoms with Crippen molar-refractivity contribution in [3.8, 4) is 0 Å². The Labute approximate surface area is 120 Å². The number of rotatable bonds is 3. The van der Waals surface area contributed by atoms with Crippen LogP contribution in [0.3, 0.4) is 0 Å². The van der Waals surface area contributed by atoms with E-state index < -0.39 is 0 Å². The maximum absolute atomic E-state index is 12.4. The van der Waals surface area contributed by atoms with Crippen LogP contribution in [0.1, 0.15) is 57.8 Å². The van der Waals surface area contributed by atoms with Crippen molar-refractivity contribution in [2.24, 2.45) is 11.8 Å². The topological polar surface area (TPSA) is 20.3 Å². The van der Waals surface area contributed by atoms with E-state index in [1.54, 1.807) is 0 Å². The summed E-state index contributed by atoms with van der Waals surface area (Å²) in [5.74, 6) is 1.77. The number of amides is 1. The fourth-order valence-corrected chi connectivity index (χ4v) is 3.89. The smallest absolute Gasteiger partial charge is 0.222 e. The van der Waals surface area contributed by atoms with Crippen LogP contribution in [0.2, 0.25) is 0 Å². The highest BCUT2D eigenvalue weighted by atomic mass is 79.9. The number of piperidine rings is 1. The summed E-state index contributed by atoms with van der Waals surface area (Å²) in [4.78, 5) is 14.5. The van der Waals surface area contributed by atoms with Gasteiger partial charge in [-0.1, -0.05) is 41.6 Å². The predicted molar refractivity (Wildman–Crippen MR) is 78.9 cm³/mol. The van der Waals surface area contributed by atoms with E-state index in [-0.39, 0.29) is 0 Å². The van der Waals surface area contributed by atoms with Crippen molar-refractivity contribution >= 4 is 21.8 Å². The van der Waals surface area contributed by atoms with Gasteiger partial charge in [-0.2, -0.15) is 0 Å². The van der Waals surface area contributed by atoms with Gasteiger partial charge in [0.05, 0.1) is 0 Å². The average Bonchev–Trinajstić information content (AvgIpc) is 2.67. The number of nitrogens with zero attached hydrogens (tertiary/aromatic N) is 1. The molecular weight excluding hydrogens is 290 g/mol. The van der Waals surface area contributed by atoms with Crippen LogP contribution in [0.25, 0.3) is 0 Å². The fourth-order valence-electron chi connectivity index (χ4n) is 3.36. The van der Waals surface area contributed by atoms with Crippen LogP contribution in [0, 0.1) is 11.8 Å². The van der Waals surface area contributed by atoms with E-state index in [9.17, 15) is 4.79 Å². The van der Waals surface area contributed by atoms with Gasteiger partial charge in [-0.3, -0.25) is 4.79 Å². The highest BCUT2D eigenvalue weighted by Gasteiger charge is 2.25. The van der Waals surface area contributed by atoms with Gasteiger partial charge in [-0.15, -0.1) is 0 Å². The molecule has 1 atom stereocenters. The van der Waals surface area contributed by atoms with Crippen molar-refractivity contribution in [2.45, 2.75) is 57.8 Å². The number of alkyl halides is 1. The first-order valence-corrected chi connectivity index (χ1v) is 8.75. The Hall–Kier alpha value is -0.0500. The van der Waals surface area contributed by atoms with Crippen molar-refractivity contribution in [3.63, 3.8) is 0 Å². The SMILES string of the molecule is O=C(CC1CCCCCC1)N1CCCC(CBr)C1. The van der Waals surface area contributed by atoms with Crippen LogP contribution in [0.5, 0.6) is 0 Å². The summed E-state index contributed by atoms with van der Waals surface area (Å²) in [5, 5.41) is 1.04. The van der Waals surface area contributed by atoms with Crippen molar-refractivity contribution in [3.05, 3.63) is 0 Å². The van der Waals surface area contributed by atoms with E-state index in [0.717, 1.165) is 24.8 Å². The third-order valence-corrected chi connectivity index (χ3v) is 5.44. The molecule has 1 aliphatic carbocycles. The molecule has 2 rings (SSSR count). The van der Waals surface area contributed by atoms with Gasteiger partial charge < -0.3 is 4.90 Å². The predicted octanol–water partition coefficient (Wildman–Crippen LogP) is 3.98. The maximum atomic E-state index is 12.4. The molecule has 1 unspecified atom stereocenters. The summed E-state index contributed by atoms with van der Waals surface area (Å²) in [6.07, 6.45) is 11.3. The first-order chi connectivity index (χ1) is 8.79. The molecule has 1 saturated heterocycles. The van der Waals surface area contributed by atoms with Crippen molar-refractivity contribution < 1.29 is 4.79 Å². The van der Waals surface area contributed by atoms with Gasteiger partial charge in [0.15, 0.2) is 0 Å². The highest BCUT2D eigenvalue weighted by molar-refractivity contribution is 9.09. The van der Waals surface area contributed by atoms with Gasteiger partial charge in [0.1, 0.15) is 0 Å². The minimum Gasteiger partial charge on any atom is -0.342 e. The first kappa shape index (κ1) is 14.4. The molecule has 0 radical (unpaired) electrons. The molecule has 0 spiro atoms. The Bertz CT molecular complexity index is 261. The summed E-state index contributed by atoms with van der Waals surface area (Å²) in [5.41, 5.74) is 0. The molecule has 1 heterocycles. The van der Waals surface area contributed by atoms with Gasteiger partial charge in [-0.25, -0.2) is 0 Å². The zero-order valence-electron chi connectivity index (χ0n) is 11.4. The molecule has 1 saturated carbocycles. The van der Waals surface area contributed by atoms with E-state index in [2.05, 4.69) is 20.8 Å². The third-order valence-electron chi connectivity index (χ3n) is 4.53. The van der Waals surface area contributed by atoms with Gasteiger partial charge in [0.25, 0.3) is 0 Å². The van der Waals surface area contributed by atoms with Gasteiger partial charge in [0, 0.05) is 24.8 Å². The van der Waals surface area contributed by atoms with Gasteiger partial charge in [-0.05, 0) is 37.5 Å². The molecule has 1 aliphatic heterocycles. The lowest BCUT2D eigenvalue weighted by Gasteiger charge is -2.33. The molecule has 3 heteroatoms. The van der Waals surface area contributed by atoms with Crippen LogP contribution in [-0.4, -0.2) is 29.2 Å². The lowest BCUT2D eigenvalue weighted by Crippen LogP contribution is -2.41. The van der Waals surface area contributed by atoms with Gasteiger partial charge >= 0.3 is 0 Å². The summed E-state index contributed by atoms with van der Waals surface area (Å²) < 4.78 is 0. The molecule has 2 nitrogen and oxygen atoms in total.